The first-order valence-corrected chi connectivity index (χ1v) is 10.8. The van der Waals surface area contributed by atoms with E-state index < -0.39 is 56.7 Å². The first-order valence-electron chi connectivity index (χ1n) is 9.31. The number of hydrogen-bond donors (Lipinski definition) is 4. The predicted octanol–water partition coefficient (Wildman–Crippen LogP) is -5.12. The maximum Gasteiger partial charge on any atom is 1.00 e. The summed E-state index contributed by atoms with van der Waals surface area (Å²) in [6, 6.07) is 0. The molecule has 0 unspecified atom stereocenters. The van der Waals surface area contributed by atoms with Crippen LogP contribution < -0.4 is 56.9 Å². The molecule has 14 nitrogen and oxygen atoms in total. The van der Waals surface area contributed by atoms with Crippen LogP contribution in [0.4, 0.5) is 0 Å². The molecule has 34 heavy (non-hydrogen) atoms. The molecule has 0 aromatic carbocycles. The van der Waals surface area contributed by atoms with Crippen LogP contribution in [0.25, 0.3) is 12.4 Å². The Bertz CT molecular complexity index is 1250. The monoisotopic (exact) mass is 508 g/mol. The second-order valence-corrected chi connectivity index (χ2v) is 8.25. The second-order valence-electron chi connectivity index (χ2n) is 6.84. The number of nitrogens with one attached hydrogen (secondary N) is 2. The topological polar surface area (TPSA) is 209 Å². The first-order chi connectivity index (χ1) is 15.5. The Morgan fingerprint density at radius 2 is 1.26 bits per heavy atom. The zero-order valence-electron chi connectivity index (χ0n) is 18.6. The SMILES string of the molecule is Cc1cn(/C=C(/CO)COP(=O)([O-])OC/C(=C\n2cc(C)c(=O)[nH]c2=O)CO)c(=O)[nH]c1=O.[Na+]. The van der Waals surface area contributed by atoms with E-state index in [-0.39, 0.29) is 51.8 Å². The van der Waals surface area contributed by atoms with Crippen LogP contribution in [0, 0.1) is 13.8 Å². The van der Waals surface area contributed by atoms with Gasteiger partial charge in [0.05, 0.1) is 26.4 Å². The zero-order valence-corrected chi connectivity index (χ0v) is 21.5. The van der Waals surface area contributed by atoms with Gasteiger partial charge in [-0.1, -0.05) is 0 Å². The van der Waals surface area contributed by atoms with Crippen molar-refractivity contribution in [2.45, 2.75) is 13.8 Å². The number of aliphatic hydroxyl groups excluding tert-OH is 2. The maximum atomic E-state index is 12.0. The van der Waals surface area contributed by atoms with Gasteiger partial charge in [0, 0.05) is 35.9 Å². The third-order valence-corrected chi connectivity index (χ3v) is 5.05. The third-order valence-electron chi connectivity index (χ3n) is 4.16. The first kappa shape index (κ1) is 29.9. The van der Waals surface area contributed by atoms with Gasteiger partial charge >= 0.3 is 40.9 Å². The fourth-order valence-corrected chi connectivity index (χ4v) is 3.09. The van der Waals surface area contributed by atoms with E-state index in [9.17, 15) is 38.8 Å². The molecule has 2 heterocycles. The summed E-state index contributed by atoms with van der Waals surface area (Å²) in [6.45, 7) is 0.234. The number of H-pyrrole nitrogens is 2. The Balaban J connectivity index is 0.00000578. The van der Waals surface area contributed by atoms with Crippen molar-refractivity contribution in [1.29, 1.82) is 0 Å². The Kier molecular flexibility index (Phi) is 11.5. The van der Waals surface area contributed by atoms with Crippen molar-refractivity contribution >= 4 is 20.2 Å². The number of aromatic amines is 2. The molecule has 4 N–H and O–H groups in total. The van der Waals surface area contributed by atoms with Crippen LogP contribution in [0.15, 0.2) is 42.7 Å². The normalized spacial score (nSPS) is 13.9. The van der Waals surface area contributed by atoms with E-state index in [0.29, 0.717) is 0 Å². The number of aliphatic hydroxyl groups is 2. The number of aromatic nitrogens is 4. The quantitative estimate of drug-likeness (QED) is 0.177. The predicted molar refractivity (Wildman–Crippen MR) is 114 cm³/mol. The van der Waals surface area contributed by atoms with Crippen LogP contribution in [0.2, 0.25) is 0 Å². The largest absolute Gasteiger partial charge is 1.00 e. The van der Waals surface area contributed by atoms with Crippen LogP contribution in [-0.4, -0.2) is 55.7 Å². The zero-order chi connectivity index (χ0) is 24.8. The van der Waals surface area contributed by atoms with Gasteiger partial charge in [0.15, 0.2) is 0 Å². The van der Waals surface area contributed by atoms with Crippen molar-refractivity contribution < 1.29 is 58.3 Å². The molecule has 0 aliphatic heterocycles. The van der Waals surface area contributed by atoms with Gasteiger partial charge in [-0.3, -0.25) is 33.3 Å². The smallest absolute Gasteiger partial charge is 0.756 e. The summed E-state index contributed by atoms with van der Waals surface area (Å²) in [7, 11) is -4.94. The van der Waals surface area contributed by atoms with Crippen molar-refractivity contribution in [3.05, 3.63) is 76.3 Å². The molecule has 0 bridgehead atoms. The van der Waals surface area contributed by atoms with Crippen LogP contribution in [0.5, 0.6) is 0 Å². The molecular formula is C18H22N4NaO10P. The summed E-state index contributed by atoms with van der Waals surface area (Å²) in [5.74, 6) is 0. The average Bonchev–Trinajstić information content (AvgIpc) is 2.75. The summed E-state index contributed by atoms with van der Waals surface area (Å²) in [4.78, 5) is 62.5. The van der Waals surface area contributed by atoms with Crippen LogP contribution in [-0.2, 0) is 13.6 Å². The van der Waals surface area contributed by atoms with Gasteiger partial charge in [-0.2, -0.15) is 0 Å². The van der Waals surface area contributed by atoms with Crippen LogP contribution >= 0.6 is 7.82 Å². The van der Waals surface area contributed by atoms with E-state index in [4.69, 9.17) is 0 Å². The Hall–Kier alpha value is -2.13. The number of aryl methyl sites for hydroxylation is 2. The fourth-order valence-electron chi connectivity index (χ4n) is 2.37. The van der Waals surface area contributed by atoms with E-state index >= 15 is 0 Å². The average molecular weight is 508 g/mol. The van der Waals surface area contributed by atoms with Gasteiger partial charge in [0.1, 0.15) is 0 Å². The molecule has 0 fully saturated rings. The molecule has 16 heteroatoms. The van der Waals surface area contributed by atoms with E-state index in [1.165, 1.54) is 26.2 Å². The summed E-state index contributed by atoms with van der Waals surface area (Å²) < 4.78 is 23.3. The molecule has 2 rings (SSSR count). The minimum Gasteiger partial charge on any atom is -0.756 e. The Morgan fingerprint density at radius 1 is 0.912 bits per heavy atom. The third kappa shape index (κ3) is 8.58. The minimum atomic E-state index is -4.94. The summed E-state index contributed by atoms with van der Waals surface area (Å²) in [5.41, 5.74) is -2.42. The number of rotatable bonds is 10. The maximum absolute atomic E-state index is 12.0. The van der Waals surface area contributed by atoms with Crippen molar-refractivity contribution in [1.82, 2.24) is 19.1 Å². The summed E-state index contributed by atoms with van der Waals surface area (Å²) in [6.07, 6.45) is 4.58. The minimum absolute atomic E-state index is 0. The van der Waals surface area contributed by atoms with Gasteiger partial charge in [-0.25, -0.2) is 9.59 Å². The number of phosphoric ester groups is 1. The van der Waals surface area contributed by atoms with E-state index in [0.717, 1.165) is 21.5 Å². The van der Waals surface area contributed by atoms with Crippen LogP contribution in [0.1, 0.15) is 11.1 Å². The molecular weight excluding hydrogens is 486 g/mol. The van der Waals surface area contributed by atoms with Crippen molar-refractivity contribution in [3.63, 3.8) is 0 Å². The molecule has 0 spiro atoms. The number of nitrogens with zero attached hydrogens (tertiary/aromatic N) is 2. The van der Waals surface area contributed by atoms with Crippen molar-refractivity contribution in [3.8, 4) is 0 Å². The summed E-state index contributed by atoms with van der Waals surface area (Å²) in [5, 5.41) is 18.8. The van der Waals surface area contributed by atoms with E-state index in [1.54, 1.807) is 0 Å². The van der Waals surface area contributed by atoms with Gasteiger partial charge in [0.2, 0.25) is 0 Å². The van der Waals surface area contributed by atoms with Crippen molar-refractivity contribution in [2.75, 3.05) is 26.4 Å². The number of phosphoric acid groups is 1. The van der Waals surface area contributed by atoms with Gasteiger partial charge in [-0.15, -0.1) is 0 Å². The molecule has 2 aromatic rings. The molecule has 0 saturated carbocycles. The molecule has 0 aliphatic carbocycles. The molecule has 0 aliphatic rings. The van der Waals surface area contributed by atoms with Gasteiger partial charge in [0.25, 0.3) is 18.9 Å². The van der Waals surface area contributed by atoms with Crippen molar-refractivity contribution in [2.24, 2.45) is 0 Å². The second kappa shape index (κ2) is 13.1. The molecule has 0 amide bonds. The molecule has 0 radical (unpaired) electrons. The standard InChI is InChI=1S/C18H23N4O10P.Na/c1-11-3-21(17(27)19-15(11)25)5-13(7-23)9-31-33(29,30)32-10-14(8-24)6-22-4-12(2)16(26)20-18(22)28;/h3-6,23-24H,7-10H2,1-2H3,(H,29,30)(H,19,25,27)(H,20,26,28);/q;+1/p-1/b13-5-,14-6-;. The molecule has 0 saturated heterocycles. The molecule has 0 atom stereocenters. The van der Waals surface area contributed by atoms with E-state index in [1.807, 2.05) is 9.97 Å². The Morgan fingerprint density at radius 3 is 1.59 bits per heavy atom. The fraction of sp³-hybridized carbons (Fsp3) is 0.333. The van der Waals surface area contributed by atoms with Gasteiger partial charge in [-0.05, 0) is 25.0 Å². The van der Waals surface area contributed by atoms with Gasteiger partial charge < -0.3 is 24.2 Å². The Labute approximate surface area is 213 Å². The molecule has 180 valence electrons. The van der Waals surface area contributed by atoms with E-state index in [2.05, 4.69) is 9.05 Å². The van der Waals surface area contributed by atoms with Crippen LogP contribution in [0.3, 0.4) is 0 Å². The number of hydrogen-bond acceptors (Lipinski definition) is 10. The summed E-state index contributed by atoms with van der Waals surface area (Å²) >= 11 is 0. The molecule has 2 aromatic heterocycles.